The molecule has 2 aliphatic carbocycles. The summed E-state index contributed by atoms with van der Waals surface area (Å²) in [4.78, 5) is 41.1. The zero-order chi connectivity index (χ0) is 26.8. The Labute approximate surface area is 221 Å². The van der Waals surface area contributed by atoms with E-state index in [1.54, 1.807) is 24.3 Å². The summed E-state index contributed by atoms with van der Waals surface area (Å²) >= 11 is 0. The average Bonchev–Trinajstić information content (AvgIpc) is 2.92. The molecule has 1 aliphatic heterocycles. The molecule has 198 valence electrons. The third-order valence-corrected chi connectivity index (χ3v) is 7.43. The highest BCUT2D eigenvalue weighted by atomic mass is 19.1. The summed E-state index contributed by atoms with van der Waals surface area (Å²) in [6.45, 7) is 2.43. The molecule has 0 radical (unpaired) electrons. The minimum atomic E-state index is -0.534. The van der Waals surface area contributed by atoms with E-state index in [0.717, 1.165) is 49.2 Å². The lowest BCUT2D eigenvalue weighted by Crippen LogP contribution is -2.39. The minimum absolute atomic E-state index is 0.0734. The molecule has 0 saturated carbocycles. The first-order chi connectivity index (χ1) is 18.4. The maximum Gasteiger partial charge on any atom is 0.262 e. The van der Waals surface area contributed by atoms with Crippen LogP contribution in [-0.2, 0) is 14.4 Å². The number of amides is 1. The fourth-order valence-corrected chi connectivity index (χ4v) is 5.81. The Kier molecular flexibility index (Phi) is 7.31. The molecule has 7 nitrogen and oxygen atoms in total. The lowest BCUT2D eigenvalue weighted by molar-refractivity contribution is -0.118. The number of halogens is 1. The highest BCUT2D eigenvalue weighted by Gasteiger charge is 2.43. The molecule has 0 unspecified atom stereocenters. The Morgan fingerprint density at radius 1 is 0.974 bits per heavy atom. The van der Waals surface area contributed by atoms with Gasteiger partial charge in [0.2, 0.25) is 0 Å². The smallest absolute Gasteiger partial charge is 0.262 e. The van der Waals surface area contributed by atoms with Crippen molar-refractivity contribution in [2.75, 3.05) is 25.6 Å². The number of anilines is 1. The molecule has 8 heteroatoms. The summed E-state index contributed by atoms with van der Waals surface area (Å²) < 4.78 is 25.2. The molecule has 0 atom stereocenters. The second kappa shape index (κ2) is 10.8. The van der Waals surface area contributed by atoms with Crippen molar-refractivity contribution < 1.29 is 28.2 Å². The average molecular weight is 519 g/mol. The van der Waals surface area contributed by atoms with E-state index >= 15 is 0 Å². The Bertz CT molecular complexity index is 1320. The van der Waals surface area contributed by atoms with Gasteiger partial charge in [0, 0.05) is 47.8 Å². The summed E-state index contributed by atoms with van der Waals surface area (Å²) in [6, 6.07) is 11.2. The van der Waals surface area contributed by atoms with Crippen LogP contribution in [0.15, 0.2) is 65.0 Å². The van der Waals surface area contributed by atoms with Crippen molar-refractivity contribution in [2.24, 2.45) is 0 Å². The van der Waals surface area contributed by atoms with Crippen LogP contribution in [0.4, 0.5) is 10.1 Å². The highest BCUT2D eigenvalue weighted by molar-refractivity contribution is 6.06. The zero-order valence-corrected chi connectivity index (χ0v) is 21.6. The molecule has 1 heterocycles. The van der Waals surface area contributed by atoms with E-state index in [1.807, 2.05) is 6.07 Å². The van der Waals surface area contributed by atoms with Crippen molar-refractivity contribution >= 4 is 23.2 Å². The van der Waals surface area contributed by atoms with Gasteiger partial charge < -0.3 is 19.7 Å². The zero-order valence-electron chi connectivity index (χ0n) is 21.6. The molecule has 1 amide bonds. The van der Waals surface area contributed by atoms with E-state index < -0.39 is 17.6 Å². The van der Waals surface area contributed by atoms with Gasteiger partial charge in [0.05, 0.1) is 12.8 Å². The van der Waals surface area contributed by atoms with E-state index in [1.165, 1.54) is 19.2 Å². The van der Waals surface area contributed by atoms with Crippen LogP contribution in [0.2, 0.25) is 0 Å². The molecule has 5 rings (SSSR count). The monoisotopic (exact) mass is 518 g/mol. The van der Waals surface area contributed by atoms with Gasteiger partial charge in [-0.05, 0) is 62.4 Å². The van der Waals surface area contributed by atoms with Crippen LogP contribution in [0.1, 0.15) is 56.9 Å². The number of para-hydroxylation sites is 1. The van der Waals surface area contributed by atoms with Crippen LogP contribution in [0.3, 0.4) is 0 Å². The van der Waals surface area contributed by atoms with Gasteiger partial charge in [0.25, 0.3) is 5.91 Å². The summed E-state index contributed by atoms with van der Waals surface area (Å²) in [7, 11) is 1.50. The lowest BCUT2D eigenvalue weighted by atomic mass is 9.71. The van der Waals surface area contributed by atoms with Gasteiger partial charge >= 0.3 is 0 Å². The number of methoxy groups -OCH3 is 1. The van der Waals surface area contributed by atoms with E-state index in [0.29, 0.717) is 35.5 Å². The van der Waals surface area contributed by atoms with E-state index in [9.17, 15) is 18.8 Å². The van der Waals surface area contributed by atoms with Crippen molar-refractivity contribution in [3.05, 3.63) is 76.4 Å². The van der Waals surface area contributed by atoms with Gasteiger partial charge in [0.15, 0.2) is 29.7 Å². The summed E-state index contributed by atoms with van der Waals surface area (Å²) in [6.07, 6.45) is 4.18. The number of hydrogen-bond acceptors (Lipinski definition) is 6. The second-order valence-corrected chi connectivity index (χ2v) is 9.68. The van der Waals surface area contributed by atoms with Crippen molar-refractivity contribution in [3.63, 3.8) is 0 Å². The number of ketones is 2. The lowest BCUT2D eigenvalue weighted by Gasteiger charge is -2.43. The number of nitrogens with one attached hydrogen (secondary N) is 1. The molecule has 1 N–H and O–H groups in total. The number of hydrogen-bond donors (Lipinski definition) is 1. The van der Waals surface area contributed by atoms with Gasteiger partial charge in [-0.2, -0.15) is 0 Å². The van der Waals surface area contributed by atoms with Crippen LogP contribution in [0.25, 0.3) is 0 Å². The number of allylic oxidation sites excluding steroid dienone is 4. The summed E-state index contributed by atoms with van der Waals surface area (Å²) in [5.74, 6) is -0.607. The third kappa shape index (κ3) is 4.71. The van der Waals surface area contributed by atoms with E-state index in [2.05, 4.69) is 17.1 Å². The van der Waals surface area contributed by atoms with E-state index in [-0.39, 0.29) is 23.9 Å². The van der Waals surface area contributed by atoms with Crippen LogP contribution in [0, 0.1) is 5.82 Å². The molecule has 0 spiro atoms. The number of carbonyl (C=O) groups is 3. The third-order valence-electron chi connectivity index (χ3n) is 7.43. The molecule has 38 heavy (non-hydrogen) atoms. The summed E-state index contributed by atoms with van der Waals surface area (Å²) in [5.41, 5.74) is 4.35. The van der Waals surface area contributed by atoms with Crippen LogP contribution < -0.4 is 14.8 Å². The quantitative estimate of drug-likeness (QED) is 0.537. The maximum absolute atomic E-state index is 13.9. The minimum Gasteiger partial charge on any atom is -0.493 e. The van der Waals surface area contributed by atoms with Gasteiger partial charge in [-0.3, -0.25) is 14.4 Å². The topological polar surface area (TPSA) is 84.9 Å². The molecule has 2 aromatic rings. The number of benzene rings is 2. The molecule has 3 aliphatic rings. The van der Waals surface area contributed by atoms with E-state index in [4.69, 9.17) is 9.47 Å². The number of nitrogens with zero attached hydrogens (tertiary/aromatic N) is 1. The van der Waals surface area contributed by atoms with Crippen molar-refractivity contribution in [3.8, 4) is 11.5 Å². The Morgan fingerprint density at radius 3 is 2.24 bits per heavy atom. The number of rotatable bonds is 7. The largest absolute Gasteiger partial charge is 0.493 e. The molecular formula is C30H31FN2O5. The normalized spacial score (nSPS) is 17.8. The number of carbonyl (C=O) groups excluding carboxylic acids is 3. The molecule has 2 aromatic carbocycles. The second-order valence-electron chi connectivity index (χ2n) is 9.68. The predicted octanol–water partition coefficient (Wildman–Crippen LogP) is 5.29. The SMILES string of the molecule is CCN1C2=C(C(=O)CCC2)C(c2ccc(OCC(=O)Nc3ccccc3F)c(OC)c2)C2=C1CCCC2=O. The van der Waals surface area contributed by atoms with Gasteiger partial charge in [-0.25, -0.2) is 4.39 Å². The maximum atomic E-state index is 13.9. The fraction of sp³-hybridized carbons (Fsp3) is 0.367. The molecule has 0 aromatic heterocycles. The van der Waals surface area contributed by atoms with Gasteiger partial charge in [-0.1, -0.05) is 18.2 Å². The van der Waals surface area contributed by atoms with Crippen molar-refractivity contribution in [1.82, 2.24) is 4.90 Å². The molecular weight excluding hydrogens is 487 g/mol. The Hall–Kier alpha value is -3.94. The first kappa shape index (κ1) is 25.7. The molecule has 0 bridgehead atoms. The fourth-order valence-electron chi connectivity index (χ4n) is 5.81. The van der Waals surface area contributed by atoms with Crippen molar-refractivity contribution in [2.45, 2.75) is 51.4 Å². The first-order valence-corrected chi connectivity index (χ1v) is 13.1. The van der Waals surface area contributed by atoms with Gasteiger partial charge in [-0.15, -0.1) is 0 Å². The van der Waals surface area contributed by atoms with Crippen molar-refractivity contribution in [1.29, 1.82) is 0 Å². The standard InChI is InChI=1S/C30H31FN2O5/c1-3-33-21-10-6-12-23(34)29(21)28(30-22(33)11-7-13-24(30)35)18-14-15-25(26(16-18)37-2)38-17-27(36)32-20-9-5-4-8-19(20)31/h4-5,8-9,14-16,28H,3,6-7,10-13,17H2,1-2H3,(H,32,36). The number of ether oxygens (including phenoxy) is 2. The Morgan fingerprint density at radius 2 is 1.63 bits per heavy atom. The van der Waals surface area contributed by atoms with Crippen LogP contribution >= 0.6 is 0 Å². The Balaban J connectivity index is 1.45. The number of Topliss-reactive ketones (excluding diaryl/α,β-unsaturated/α-hetero) is 2. The predicted molar refractivity (Wildman–Crippen MR) is 140 cm³/mol. The first-order valence-electron chi connectivity index (χ1n) is 13.1. The molecule has 0 saturated heterocycles. The molecule has 0 fully saturated rings. The highest BCUT2D eigenvalue weighted by Crippen LogP contribution is 2.49. The summed E-state index contributed by atoms with van der Waals surface area (Å²) in [5, 5.41) is 2.49. The van der Waals surface area contributed by atoms with Crippen LogP contribution in [-0.4, -0.2) is 42.6 Å². The van der Waals surface area contributed by atoms with Crippen LogP contribution in [0.5, 0.6) is 11.5 Å². The van der Waals surface area contributed by atoms with Gasteiger partial charge in [0.1, 0.15) is 5.82 Å².